The molecule has 0 radical (unpaired) electrons. The second-order valence-corrected chi connectivity index (χ2v) is 6.05. The van der Waals surface area contributed by atoms with Crippen LogP contribution in [-0.4, -0.2) is 32.2 Å². The Bertz CT molecular complexity index is 985. The molecule has 0 aliphatic rings. The minimum Gasteiger partial charge on any atom is -0.497 e. The van der Waals surface area contributed by atoms with Gasteiger partial charge in [0.25, 0.3) is 5.91 Å². The third-order valence-electron chi connectivity index (χ3n) is 4.36. The van der Waals surface area contributed by atoms with E-state index in [0.29, 0.717) is 29.3 Å². The van der Waals surface area contributed by atoms with Crippen molar-refractivity contribution >= 4 is 16.8 Å². The van der Waals surface area contributed by atoms with Crippen LogP contribution in [0.3, 0.4) is 0 Å². The van der Waals surface area contributed by atoms with Crippen LogP contribution >= 0.6 is 0 Å². The minimum atomic E-state index is -0.174. The number of carbonyl (C=O) groups is 1. The Labute approximate surface area is 158 Å². The zero-order valence-corrected chi connectivity index (χ0v) is 15.8. The van der Waals surface area contributed by atoms with Crippen molar-refractivity contribution in [2.45, 2.75) is 13.5 Å². The predicted molar refractivity (Wildman–Crippen MR) is 104 cm³/mol. The van der Waals surface area contributed by atoms with Crippen molar-refractivity contribution in [3.05, 3.63) is 59.3 Å². The summed E-state index contributed by atoms with van der Waals surface area (Å²) in [5, 5.41) is 3.82. The van der Waals surface area contributed by atoms with E-state index in [2.05, 4.69) is 10.3 Å². The van der Waals surface area contributed by atoms with Gasteiger partial charge in [-0.25, -0.2) is 0 Å². The molecule has 27 heavy (non-hydrogen) atoms. The molecule has 0 spiro atoms. The van der Waals surface area contributed by atoms with Crippen LogP contribution < -0.4 is 19.5 Å². The molecule has 1 heterocycles. The van der Waals surface area contributed by atoms with E-state index in [4.69, 9.17) is 14.2 Å². The van der Waals surface area contributed by atoms with Gasteiger partial charge in [-0.2, -0.15) is 0 Å². The van der Waals surface area contributed by atoms with E-state index >= 15 is 0 Å². The van der Waals surface area contributed by atoms with Crippen molar-refractivity contribution in [2.24, 2.45) is 0 Å². The molecular formula is C21H22N2O4. The number of methoxy groups -OCH3 is 3. The third kappa shape index (κ3) is 3.95. The molecule has 0 aliphatic heterocycles. The number of hydrogen-bond donors (Lipinski definition) is 1. The summed E-state index contributed by atoms with van der Waals surface area (Å²) in [6, 6.07) is 13.0. The van der Waals surface area contributed by atoms with E-state index in [1.165, 1.54) is 0 Å². The standard InChI is InChI=1S/C21H22N2O4/c1-13-17(10-15-6-7-16(25-2)11-18(15)23-13)21(24)22-12-14-5-8-19(26-3)20(9-14)27-4/h5-11H,12H2,1-4H3,(H,22,24). The molecule has 140 valence electrons. The normalized spacial score (nSPS) is 10.5. The maximum absolute atomic E-state index is 12.7. The van der Waals surface area contributed by atoms with Gasteiger partial charge in [0, 0.05) is 18.0 Å². The molecule has 3 rings (SSSR count). The lowest BCUT2D eigenvalue weighted by Crippen LogP contribution is -2.24. The highest BCUT2D eigenvalue weighted by molar-refractivity contribution is 5.98. The molecule has 3 aromatic rings. The van der Waals surface area contributed by atoms with Crippen LogP contribution in [0.25, 0.3) is 10.9 Å². The zero-order valence-electron chi connectivity index (χ0n) is 15.8. The van der Waals surface area contributed by atoms with Gasteiger partial charge in [-0.15, -0.1) is 0 Å². The first kappa shape index (κ1) is 18.5. The van der Waals surface area contributed by atoms with Gasteiger partial charge in [-0.1, -0.05) is 6.07 Å². The molecule has 0 aliphatic carbocycles. The quantitative estimate of drug-likeness (QED) is 0.723. The van der Waals surface area contributed by atoms with Crippen molar-refractivity contribution in [1.82, 2.24) is 10.3 Å². The van der Waals surface area contributed by atoms with Gasteiger partial charge in [0.1, 0.15) is 5.75 Å². The highest BCUT2D eigenvalue weighted by Crippen LogP contribution is 2.27. The van der Waals surface area contributed by atoms with E-state index in [-0.39, 0.29) is 5.91 Å². The lowest BCUT2D eigenvalue weighted by Gasteiger charge is -2.12. The van der Waals surface area contributed by atoms with Crippen LogP contribution in [0.4, 0.5) is 0 Å². The van der Waals surface area contributed by atoms with Gasteiger partial charge in [0.05, 0.1) is 38.1 Å². The monoisotopic (exact) mass is 366 g/mol. The van der Waals surface area contributed by atoms with Crippen LogP contribution in [0.2, 0.25) is 0 Å². The van der Waals surface area contributed by atoms with Crippen LogP contribution in [-0.2, 0) is 6.54 Å². The van der Waals surface area contributed by atoms with Crippen LogP contribution in [0, 0.1) is 6.92 Å². The second-order valence-electron chi connectivity index (χ2n) is 6.05. The summed E-state index contributed by atoms with van der Waals surface area (Å²) < 4.78 is 15.8. The van der Waals surface area contributed by atoms with Gasteiger partial charge in [-0.3, -0.25) is 9.78 Å². The summed E-state index contributed by atoms with van der Waals surface area (Å²) in [6.45, 7) is 2.20. The first-order chi connectivity index (χ1) is 13.0. The average Bonchev–Trinajstić information content (AvgIpc) is 2.70. The van der Waals surface area contributed by atoms with Gasteiger partial charge < -0.3 is 19.5 Å². The SMILES string of the molecule is COc1ccc2cc(C(=O)NCc3ccc(OC)c(OC)c3)c(C)nc2c1. The number of amides is 1. The summed E-state index contributed by atoms with van der Waals surface area (Å²) >= 11 is 0. The number of aryl methyl sites for hydroxylation is 1. The predicted octanol–water partition coefficient (Wildman–Crippen LogP) is 3.50. The summed E-state index contributed by atoms with van der Waals surface area (Å²) in [4.78, 5) is 17.2. The number of ether oxygens (including phenoxy) is 3. The summed E-state index contributed by atoms with van der Waals surface area (Å²) in [5.41, 5.74) is 2.93. The number of benzene rings is 2. The minimum absolute atomic E-state index is 0.174. The molecule has 0 fully saturated rings. The van der Waals surface area contributed by atoms with Gasteiger partial charge in [-0.05, 0) is 42.8 Å². The Hall–Kier alpha value is -3.28. The average molecular weight is 366 g/mol. The zero-order chi connectivity index (χ0) is 19.4. The molecule has 2 aromatic carbocycles. The van der Waals surface area contributed by atoms with E-state index in [1.54, 1.807) is 21.3 Å². The Morgan fingerprint density at radius 3 is 2.44 bits per heavy atom. The Kier molecular flexibility index (Phi) is 5.45. The number of aromatic nitrogens is 1. The molecule has 0 saturated heterocycles. The molecule has 1 aromatic heterocycles. The number of hydrogen-bond acceptors (Lipinski definition) is 5. The number of nitrogens with zero attached hydrogens (tertiary/aromatic N) is 1. The number of rotatable bonds is 6. The molecule has 0 bridgehead atoms. The fraction of sp³-hybridized carbons (Fsp3) is 0.238. The molecule has 6 heteroatoms. The van der Waals surface area contributed by atoms with Crippen LogP contribution in [0.1, 0.15) is 21.6 Å². The maximum atomic E-state index is 12.7. The third-order valence-corrected chi connectivity index (χ3v) is 4.36. The first-order valence-electron chi connectivity index (χ1n) is 8.50. The number of carbonyl (C=O) groups excluding carboxylic acids is 1. The first-order valence-corrected chi connectivity index (χ1v) is 8.50. The number of nitrogens with one attached hydrogen (secondary N) is 1. The van der Waals surface area contributed by atoms with Crippen molar-refractivity contribution in [3.63, 3.8) is 0 Å². The molecule has 0 atom stereocenters. The Morgan fingerprint density at radius 2 is 1.74 bits per heavy atom. The van der Waals surface area contributed by atoms with Crippen molar-refractivity contribution in [3.8, 4) is 17.2 Å². The second kappa shape index (κ2) is 7.95. The lowest BCUT2D eigenvalue weighted by atomic mass is 10.1. The topological polar surface area (TPSA) is 69.7 Å². The fourth-order valence-electron chi connectivity index (χ4n) is 2.87. The van der Waals surface area contributed by atoms with Crippen molar-refractivity contribution < 1.29 is 19.0 Å². The molecule has 6 nitrogen and oxygen atoms in total. The highest BCUT2D eigenvalue weighted by Gasteiger charge is 2.13. The van der Waals surface area contributed by atoms with Crippen molar-refractivity contribution in [2.75, 3.05) is 21.3 Å². The van der Waals surface area contributed by atoms with Gasteiger partial charge in [0.2, 0.25) is 0 Å². The van der Waals surface area contributed by atoms with E-state index in [1.807, 2.05) is 49.4 Å². The summed E-state index contributed by atoms with van der Waals surface area (Å²) in [5.74, 6) is 1.84. The number of pyridine rings is 1. The van der Waals surface area contributed by atoms with E-state index < -0.39 is 0 Å². The largest absolute Gasteiger partial charge is 0.497 e. The molecule has 1 amide bonds. The summed E-state index contributed by atoms with van der Waals surface area (Å²) in [7, 11) is 4.79. The van der Waals surface area contributed by atoms with Crippen LogP contribution in [0.15, 0.2) is 42.5 Å². The van der Waals surface area contributed by atoms with Crippen LogP contribution in [0.5, 0.6) is 17.2 Å². The highest BCUT2D eigenvalue weighted by atomic mass is 16.5. The number of fused-ring (bicyclic) bond motifs is 1. The van der Waals surface area contributed by atoms with E-state index in [9.17, 15) is 4.79 Å². The molecule has 0 saturated carbocycles. The smallest absolute Gasteiger partial charge is 0.253 e. The summed E-state index contributed by atoms with van der Waals surface area (Å²) in [6.07, 6.45) is 0. The Morgan fingerprint density at radius 1 is 0.963 bits per heavy atom. The Balaban J connectivity index is 1.79. The van der Waals surface area contributed by atoms with Gasteiger partial charge >= 0.3 is 0 Å². The molecule has 0 unspecified atom stereocenters. The lowest BCUT2D eigenvalue weighted by molar-refractivity contribution is 0.0950. The van der Waals surface area contributed by atoms with Crippen molar-refractivity contribution in [1.29, 1.82) is 0 Å². The van der Waals surface area contributed by atoms with E-state index in [0.717, 1.165) is 22.2 Å². The molecular weight excluding hydrogens is 344 g/mol. The maximum Gasteiger partial charge on any atom is 0.253 e. The fourth-order valence-corrected chi connectivity index (χ4v) is 2.87. The van der Waals surface area contributed by atoms with Gasteiger partial charge in [0.15, 0.2) is 11.5 Å². The molecule has 1 N–H and O–H groups in total.